The van der Waals surface area contributed by atoms with Gasteiger partial charge in [-0.1, -0.05) is 12.1 Å². The number of phenols is 1. The van der Waals surface area contributed by atoms with Gasteiger partial charge >= 0.3 is 5.97 Å². The molecule has 0 bridgehead atoms. The Labute approximate surface area is 342 Å². The highest BCUT2D eigenvalue weighted by atomic mass is 16.5. The zero-order valence-electron chi connectivity index (χ0n) is 32.3. The Hall–Kier alpha value is -8.50. The highest BCUT2D eigenvalue weighted by Crippen LogP contribution is 2.39. The maximum absolute atomic E-state index is 13.3. The third-order valence-electron chi connectivity index (χ3n) is 8.99. The molecule has 0 spiro atoms. The van der Waals surface area contributed by atoms with Crippen molar-refractivity contribution in [2.45, 2.75) is 32.4 Å². The number of pyridine rings is 1. The highest BCUT2D eigenvalue weighted by molar-refractivity contribution is 6.09. The summed E-state index contributed by atoms with van der Waals surface area (Å²) in [5, 5.41) is 39.9. The third-order valence-corrected chi connectivity index (χ3v) is 8.99. The van der Waals surface area contributed by atoms with Crippen molar-refractivity contribution in [1.82, 2.24) is 19.9 Å². The van der Waals surface area contributed by atoms with E-state index in [0.29, 0.717) is 16.9 Å². The van der Waals surface area contributed by atoms with Crippen LogP contribution in [0, 0.1) is 23.7 Å². The summed E-state index contributed by atoms with van der Waals surface area (Å²) in [5.41, 5.74) is 3.31. The molecular formula is C44H36N8O8. The summed E-state index contributed by atoms with van der Waals surface area (Å²) in [6, 6.07) is 23.7. The van der Waals surface area contributed by atoms with Crippen LogP contribution in [0.5, 0.6) is 11.5 Å². The molecule has 0 saturated heterocycles. The van der Waals surface area contributed by atoms with Crippen LogP contribution in [0.15, 0.2) is 97.2 Å². The summed E-state index contributed by atoms with van der Waals surface area (Å²) in [7, 11) is 1.85. The summed E-state index contributed by atoms with van der Waals surface area (Å²) in [5.74, 6) is -1.40. The quantitative estimate of drug-likeness (QED) is 0.0745. The first kappa shape index (κ1) is 41.1. The molecule has 0 aliphatic heterocycles. The summed E-state index contributed by atoms with van der Waals surface area (Å²) < 4.78 is 7.65. The molecule has 0 saturated carbocycles. The van der Waals surface area contributed by atoms with Crippen LogP contribution in [-0.2, 0) is 11.8 Å². The largest absolute Gasteiger partial charge is 0.504 e. The number of nitrogens with zero attached hydrogens (tertiary/aromatic N) is 4. The molecule has 300 valence electrons. The van der Waals surface area contributed by atoms with E-state index in [2.05, 4.69) is 43.2 Å². The number of carbonyl (C=O) groups is 5. The number of fused-ring (bicyclic) bond motifs is 1. The van der Waals surface area contributed by atoms with Gasteiger partial charge in [0.2, 0.25) is 5.91 Å². The van der Waals surface area contributed by atoms with Crippen molar-refractivity contribution in [3.8, 4) is 41.3 Å². The second kappa shape index (κ2) is 17.7. The normalized spacial score (nSPS) is 11.2. The summed E-state index contributed by atoms with van der Waals surface area (Å²) in [6.45, 7) is 3.37. The molecule has 0 aliphatic carbocycles. The number of nitriles is 1. The van der Waals surface area contributed by atoms with Crippen LogP contribution in [0.25, 0.3) is 22.4 Å². The number of benzene rings is 4. The molecular weight excluding hydrogens is 769 g/mol. The molecule has 0 fully saturated rings. The lowest BCUT2D eigenvalue weighted by Gasteiger charge is -2.18. The zero-order chi connectivity index (χ0) is 43.1. The van der Waals surface area contributed by atoms with Crippen LogP contribution in [0.1, 0.15) is 67.4 Å². The molecule has 6 rings (SSSR count). The molecule has 6 N–H and O–H groups in total. The zero-order valence-corrected chi connectivity index (χ0v) is 32.3. The second-order valence-corrected chi connectivity index (χ2v) is 13.5. The number of carboxylic acid groups (broad SMARTS) is 1. The Morgan fingerprint density at radius 2 is 1.55 bits per heavy atom. The van der Waals surface area contributed by atoms with Gasteiger partial charge in [-0.15, -0.1) is 12.3 Å². The Morgan fingerprint density at radius 3 is 2.18 bits per heavy atom. The number of imidazole rings is 1. The van der Waals surface area contributed by atoms with E-state index < -0.39 is 47.5 Å². The maximum atomic E-state index is 13.3. The van der Waals surface area contributed by atoms with E-state index in [9.17, 15) is 34.3 Å². The number of aromatic nitrogens is 3. The maximum Gasteiger partial charge on any atom is 0.335 e. The molecule has 1 atom stereocenters. The number of aryl methyl sites for hydroxylation is 1. The summed E-state index contributed by atoms with van der Waals surface area (Å²) in [6.07, 6.45) is 6.17. The van der Waals surface area contributed by atoms with E-state index in [1.807, 2.05) is 17.7 Å². The molecule has 2 aromatic heterocycles. The van der Waals surface area contributed by atoms with Gasteiger partial charge < -0.3 is 40.8 Å². The van der Waals surface area contributed by atoms with Crippen LogP contribution >= 0.6 is 0 Å². The number of carbonyl (C=O) groups excluding carboxylic acids is 4. The molecule has 2 heterocycles. The lowest BCUT2D eigenvalue weighted by atomic mass is 10.1. The topological polar surface area (TPSA) is 238 Å². The van der Waals surface area contributed by atoms with E-state index >= 15 is 0 Å². The van der Waals surface area contributed by atoms with Crippen molar-refractivity contribution >= 4 is 57.7 Å². The Bertz CT molecular complexity index is 2730. The van der Waals surface area contributed by atoms with Gasteiger partial charge in [0.25, 0.3) is 17.7 Å². The molecule has 4 amide bonds. The van der Waals surface area contributed by atoms with Gasteiger partial charge in [0.15, 0.2) is 11.5 Å². The number of aromatic carboxylic acids is 1. The monoisotopic (exact) mass is 804 g/mol. The number of anilines is 3. The number of hydrogen-bond acceptors (Lipinski definition) is 10. The molecule has 0 unspecified atom stereocenters. The van der Waals surface area contributed by atoms with Crippen LogP contribution in [0.3, 0.4) is 0 Å². The van der Waals surface area contributed by atoms with Crippen molar-refractivity contribution in [3.63, 3.8) is 0 Å². The van der Waals surface area contributed by atoms with Crippen LogP contribution < -0.4 is 26.0 Å². The minimum Gasteiger partial charge on any atom is -0.504 e. The number of ether oxygens (including phenoxy) is 1. The molecule has 4 aromatic carbocycles. The minimum absolute atomic E-state index is 0.0292. The van der Waals surface area contributed by atoms with Crippen LogP contribution in [0.4, 0.5) is 17.1 Å². The predicted molar refractivity (Wildman–Crippen MR) is 222 cm³/mol. The van der Waals surface area contributed by atoms with Gasteiger partial charge in [0.1, 0.15) is 17.6 Å². The first-order valence-electron chi connectivity index (χ1n) is 18.2. The third kappa shape index (κ3) is 9.20. The standard InChI is InChI=1S/C44H36N8O8/c1-5-6-34(51-40(54)27-10-8-26(9-11-27)39-49-35-21-25(22-45)7-20-36(35)52(39)4)43(57)48-30-16-18-33(46-23-30)42(56)50-32-19-17-31(37(53)38(32)60-24(2)3)41(55)47-29-14-12-28(13-15-29)44(58)59/h1,7-21,23-24,34,53H,6H2,2-4H3,(H,47,55)(H,48,57)(H,50,56)(H,51,54)(H,58,59)/t34-/m0/s1. The molecule has 6 aromatic rings. The van der Waals surface area contributed by atoms with E-state index in [1.54, 1.807) is 50.2 Å². The van der Waals surface area contributed by atoms with E-state index in [0.717, 1.165) is 11.1 Å². The van der Waals surface area contributed by atoms with Gasteiger partial charge in [0.05, 0.1) is 57.5 Å². The molecule has 0 aliphatic rings. The summed E-state index contributed by atoms with van der Waals surface area (Å²) >= 11 is 0. The Morgan fingerprint density at radius 1 is 0.850 bits per heavy atom. The fourth-order valence-corrected chi connectivity index (χ4v) is 5.99. The van der Waals surface area contributed by atoms with Crippen molar-refractivity contribution in [3.05, 3.63) is 125 Å². The van der Waals surface area contributed by atoms with Crippen molar-refractivity contribution in [2.75, 3.05) is 16.0 Å². The predicted octanol–water partition coefficient (Wildman–Crippen LogP) is 5.96. The minimum atomic E-state index is -1.13. The second-order valence-electron chi connectivity index (χ2n) is 13.5. The fraction of sp³-hybridized carbons (Fsp3) is 0.136. The van der Waals surface area contributed by atoms with Gasteiger partial charge in [-0.05, 0) is 92.7 Å². The van der Waals surface area contributed by atoms with E-state index in [4.69, 9.17) is 16.3 Å². The van der Waals surface area contributed by atoms with Crippen LogP contribution in [-0.4, -0.2) is 66.5 Å². The number of phenolic OH excluding ortho intramolecular Hbond substituents is 1. The van der Waals surface area contributed by atoms with Crippen LogP contribution in [0.2, 0.25) is 0 Å². The van der Waals surface area contributed by atoms with Crippen molar-refractivity contribution < 1.29 is 38.9 Å². The van der Waals surface area contributed by atoms with Crippen molar-refractivity contribution in [2.24, 2.45) is 7.05 Å². The number of rotatable bonds is 13. The van der Waals surface area contributed by atoms with Crippen molar-refractivity contribution in [1.29, 1.82) is 5.26 Å². The van der Waals surface area contributed by atoms with E-state index in [-0.39, 0.29) is 51.6 Å². The average Bonchev–Trinajstić information content (AvgIpc) is 3.57. The number of terminal acetylenes is 1. The SMILES string of the molecule is C#CC[C@H](NC(=O)c1ccc(-c2nc3cc(C#N)ccc3n2C)cc1)C(=O)Nc1ccc(C(=O)Nc2ccc(C(=O)Nc3ccc(C(=O)O)cc3)c(O)c2OC(C)C)nc1. The number of amides is 4. The lowest BCUT2D eigenvalue weighted by molar-refractivity contribution is -0.117. The fourth-order valence-electron chi connectivity index (χ4n) is 5.99. The number of nitrogens with one attached hydrogen (secondary N) is 4. The molecule has 0 radical (unpaired) electrons. The molecule has 16 nitrogen and oxygen atoms in total. The molecule has 16 heteroatoms. The Balaban J connectivity index is 1.09. The smallest absolute Gasteiger partial charge is 0.335 e. The average molecular weight is 805 g/mol. The van der Waals surface area contributed by atoms with Gasteiger partial charge in [-0.2, -0.15) is 5.26 Å². The highest BCUT2D eigenvalue weighted by Gasteiger charge is 2.24. The first-order chi connectivity index (χ1) is 28.8. The number of hydrogen-bond donors (Lipinski definition) is 6. The molecule has 60 heavy (non-hydrogen) atoms. The lowest BCUT2D eigenvalue weighted by Crippen LogP contribution is -2.43. The number of aromatic hydroxyl groups is 1. The Kier molecular flexibility index (Phi) is 12.2. The van der Waals surface area contributed by atoms with Gasteiger partial charge in [-0.25, -0.2) is 14.8 Å². The summed E-state index contributed by atoms with van der Waals surface area (Å²) in [4.78, 5) is 72.7. The van der Waals surface area contributed by atoms with Gasteiger partial charge in [0, 0.05) is 30.3 Å². The first-order valence-corrected chi connectivity index (χ1v) is 18.2. The van der Waals surface area contributed by atoms with E-state index in [1.165, 1.54) is 54.7 Å². The van der Waals surface area contributed by atoms with Gasteiger partial charge in [-0.3, -0.25) is 19.2 Å². The number of carboxylic acids is 1.